The van der Waals surface area contributed by atoms with E-state index in [2.05, 4.69) is 0 Å². The van der Waals surface area contributed by atoms with Gasteiger partial charge in [-0.25, -0.2) is 4.57 Å². The first-order valence-electron chi connectivity index (χ1n) is 4.99. The third-order valence-electron chi connectivity index (χ3n) is 1.99. The van der Waals surface area contributed by atoms with Crippen LogP contribution in [0.25, 0.3) is 11.1 Å². The van der Waals surface area contributed by atoms with Crippen molar-refractivity contribution < 1.29 is 24.4 Å². The third kappa shape index (κ3) is 5.61. The van der Waals surface area contributed by atoms with Gasteiger partial charge in [0, 0.05) is 5.56 Å². The molecule has 0 saturated carbocycles. The zero-order valence-corrected chi connectivity index (χ0v) is 10.2. The van der Waals surface area contributed by atoms with E-state index in [-0.39, 0.29) is 0 Å². The van der Waals surface area contributed by atoms with Crippen LogP contribution in [0.3, 0.4) is 0 Å². The van der Waals surface area contributed by atoms with Gasteiger partial charge in [-0.1, -0.05) is 48.5 Å². The molecule has 96 valence electrons. The molecule has 18 heavy (non-hydrogen) atoms. The highest BCUT2D eigenvalue weighted by Gasteiger charge is 2.00. The van der Waals surface area contributed by atoms with E-state index >= 15 is 0 Å². The minimum Gasteiger partial charge on any atom is -0.507 e. The van der Waals surface area contributed by atoms with Gasteiger partial charge >= 0.3 is 7.82 Å². The van der Waals surface area contributed by atoms with Gasteiger partial charge in [-0.05, 0) is 11.6 Å². The van der Waals surface area contributed by atoms with Crippen molar-refractivity contribution in [1.29, 1.82) is 0 Å². The topological polar surface area (TPSA) is 98.0 Å². The number of benzene rings is 2. The largest absolute Gasteiger partial charge is 0.507 e. The Morgan fingerprint density at radius 2 is 1.22 bits per heavy atom. The van der Waals surface area contributed by atoms with Gasteiger partial charge in [0.15, 0.2) is 0 Å². The number of phosphoric acid groups is 1. The van der Waals surface area contributed by atoms with Crippen molar-refractivity contribution in [2.75, 3.05) is 0 Å². The highest BCUT2D eigenvalue weighted by Crippen LogP contribution is 2.27. The predicted octanol–water partition coefficient (Wildman–Crippen LogP) is 2.13. The molecule has 2 rings (SSSR count). The lowest BCUT2D eigenvalue weighted by Crippen LogP contribution is -1.76. The van der Waals surface area contributed by atoms with Crippen molar-refractivity contribution in [2.24, 2.45) is 0 Å². The summed E-state index contributed by atoms with van der Waals surface area (Å²) in [5.74, 6) is 0.328. The Morgan fingerprint density at radius 1 is 0.778 bits per heavy atom. The van der Waals surface area contributed by atoms with Crippen molar-refractivity contribution in [2.45, 2.75) is 0 Å². The Hall–Kier alpha value is -1.65. The second kappa shape index (κ2) is 6.33. The van der Waals surface area contributed by atoms with Gasteiger partial charge in [-0.15, -0.1) is 0 Å². The summed E-state index contributed by atoms with van der Waals surface area (Å²) in [6.07, 6.45) is 0. The molecule has 2 aromatic carbocycles. The van der Waals surface area contributed by atoms with Gasteiger partial charge in [0.05, 0.1) is 0 Å². The molecule has 0 unspecified atom stereocenters. The van der Waals surface area contributed by atoms with E-state index in [1.54, 1.807) is 6.07 Å². The standard InChI is InChI=1S/C12H10O.H3O4P/c13-12-9-5-4-8-11(12)10-6-2-1-3-7-10;1-5(2,3)4/h1-9,13H;(H3,1,2,3,4). The van der Waals surface area contributed by atoms with Crippen LogP contribution in [0, 0.1) is 0 Å². The normalized spacial score (nSPS) is 10.4. The van der Waals surface area contributed by atoms with Gasteiger partial charge < -0.3 is 19.8 Å². The number of aromatic hydroxyl groups is 1. The molecule has 0 saturated heterocycles. The number of phenols is 1. The molecule has 0 spiro atoms. The van der Waals surface area contributed by atoms with Crippen LogP contribution in [-0.4, -0.2) is 19.8 Å². The molecular weight excluding hydrogens is 255 g/mol. The molecule has 0 amide bonds. The fraction of sp³-hybridized carbons (Fsp3) is 0. The SMILES string of the molecule is O=P(O)(O)O.Oc1ccccc1-c1ccccc1. The molecule has 0 atom stereocenters. The van der Waals surface area contributed by atoms with Crippen molar-refractivity contribution in [3.63, 3.8) is 0 Å². The molecule has 6 heteroatoms. The molecule has 0 aliphatic heterocycles. The molecule has 5 nitrogen and oxygen atoms in total. The van der Waals surface area contributed by atoms with Crippen molar-refractivity contribution in [3.05, 3.63) is 54.6 Å². The second-order valence-electron chi connectivity index (χ2n) is 3.40. The summed E-state index contributed by atoms with van der Waals surface area (Å²) in [7, 11) is -4.64. The van der Waals surface area contributed by atoms with E-state index in [4.69, 9.17) is 19.2 Å². The quantitative estimate of drug-likeness (QED) is 0.594. The molecule has 4 N–H and O–H groups in total. The average Bonchev–Trinajstić information content (AvgIpc) is 2.29. The van der Waals surface area contributed by atoms with Gasteiger partial charge in [0.1, 0.15) is 5.75 Å². The summed E-state index contributed by atoms with van der Waals surface area (Å²) in [6, 6.07) is 17.2. The fourth-order valence-electron chi connectivity index (χ4n) is 1.34. The van der Waals surface area contributed by atoms with E-state index in [0.717, 1.165) is 11.1 Å². The van der Waals surface area contributed by atoms with Gasteiger partial charge in [0.2, 0.25) is 0 Å². The first-order valence-corrected chi connectivity index (χ1v) is 6.56. The zero-order chi connectivity index (χ0) is 13.6. The lowest BCUT2D eigenvalue weighted by atomic mass is 10.1. The van der Waals surface area contributed by atoms with Crippen LogP contribution >= 0.6 is 7.82 Å². The summed E-state index contributed by atoms with van der Waals surface area (Å²) >= 11 is 0. The summed E-state index contributed by atoms with van der Waals surface area (Å²) in [4.78, 5) is 21.6. The molecule has 0 radical (unpaired) electrons. The molecule has 0 aliphatic carbocycles. The Kier molecular flexibility index (Phi) is 5.07. The Balaban J connectivity index is 0.000000280. The Bertz CT molecular complexity index is 527. The van der Waals surface area contributed by atoms with Crippen molar-refractivity contribution >= 4 is 7.82 Å². The minimum absolute atomic E-state index is 0.328. The number of rotatable bonds is 1. The van der Waals surface area contributed by atoms with Crippen LogP contribution in [-0.2, 0) is 4.57 Å². The van der Waals surface area contributed by atoms with E-state index in [1.165, 1.54) is 0 Å². The summed E-state index contributed by atoms with van der Waals surface area (Å²) in [6.45, 7) is 0. The molecule has 0 fully saturated rings. The molecule has 0 bridgehead atoms. The van der Waals surface area contributed by atoms with Crippen LogP contribution in [0.5, 0.6) is 5.75 Å². The number of para-hydroxylation sites is 1. The maximum Gasteiger partial charge on any atom is 0.466 e. The lowest BCUT2D eigenvalue weighted by Gasteiger charge is -2.02. The van der Waals surface area contributed by atoms with Crippen LogP contribution in [0.1, 0.15) is 0 Å². The Labute approximate surface area is 104 Å². The molecule has 0 aliphatic rings. The first kappa shape index (κ1) is 14.4. The van der Waals surface area contributed by atoms with E-state index in [1.807, 2.05) is 48.5 Å². The highest BCUT2D eigenvalue weighted by molar-refractivity contribution is 7.45. The van der Waals surface area contributed by atoms with Gasteiger partial charge in [-0.2, -0.15) is 0 Å². The van der Waals surface area contributed by atoms with Crippen molar-refractivity contribution in [3.8, 4) is 16.9 Å². The lowest BCUT2D eigenvalue weighted by molar-refractivity contribution is 0.275. The molecule has 0 heterocycles. The average molecular weight is 268 g/mol. The molecular formula is C12H13O5P. The summed E-state index contributed by atoms with van der Waals surface area (Å²) < 4.78 is 8.88. The number of hydrogen-bond donors (Lipinski definition) is 4. The summed E-state index contributed by atoms with van der Waals surface area (Å²) in [5, 5.41) is 9.56. The predicted molar refractivity (Wildman–Crippen MR) is 67.8 cm³/mol. The van der Waals surface area contributed by atoms with Gasteiger partial charge in [-0.3, -0.25) is 0 Å². The third-order valence-corrected chi connectivity index (χ3v) is 1.99. The minimum atomic E-state index is -4.64. The smallest absolute Gasteiger partial charge is 0.466 e. The first-order chi connectivity index (χ1) is 8.38. The second-order valence-corrected chi connectivity index (χ2v) is 4.42. The van der Waals surface area contributed by atoms with E-state index < -0.39 is 7.82 Å². The van der Waals surface area contributed by atoms with E-state index in [0.29, 0.717) is 5.75 Å². The van der Waals surface area contributed by atoms with Crippen LogP contribution < -0.4 is 0 Å². The number of phenolic OH excluding ortho intramolecular Hbond substituents is 1. The van der Waals surface area contributed by atoms with Crippen LogP contribution in [0.2, 0.25) is 0 Å². The maximum atomic E-state index is 9.56. The van der Waals surface area contributed by atoms with Crippen LogP contribution in [0.15, 0.2) is 54.6 Å². The fourth-order valence-corrected chi connectivity index (χ4v) is 1.34. The van der Waals surface area contributed by atoms with Gasteiger partial charge in [0.25, 0.3) is 0 Å². The summed E-state index contributed by atoms with van der Waals surface area (Å²) in [5.41, 5.74) is 1.92. The molecule has 0 aromatic heterocycles. The highest BCUT2D eigenvalue weighted by atomic mass is 31.2. The van der Waals surface area contributed by atoms with Crippen LogP contribution in [0.4, 0.5) is 0 Å². The maximum absolute atomic E-state index is 9.56. The monoisotopic (exact) mass is 268 g/mol. The Morgan fingerprint density at radius 3 is 1.72 bits per heavy atom. The zero-order valence-electron chi connectivity index (χ0n) is 9.34. The number of hydrogen-bond acceptors (Lipinski definition) is 2. The van der Waals surface area contributed by atoms with E-state index in [9.17, 15) is 5.11 Å². The van der Waals surface area contributed by atoms with Crippen molar-refractivity contribution in [1.82, 2.24) is 0 Å². The molecule has 2 aromatic rings.